The van der Waals surface area contributed by atoms with E-state index < -0.39 is 0 Å². The number of carbonyl (C=O) groups excluding carboxylic acids is 1. The molecule has 2 N–H and O–H groups in total. The number of hydrazone groups is 1. The van der Waals surface area contributed by atoms with Crippen LogP contribution in [0, 0.1) is 0 Å². The molecule has 150 valence electrons. The van der Waals surface area contributed by atoms with Crippen LogP contribution in [-0.2, 0) is 17.3 Å². The molecule has 2 rings (SSSR count). The highest BCUT2D eigenvalue weighted by Crippen LogP contribution is 2.39. The zero-order valence-corrected chi connectivity index (χ0v) is 17.9. The molecule has 0 aliphatic heterocycles. The summed E-state index contributed by atoms with van der Waals surface area (Å²) in [6.45, 7) is 14.4. The first kappa shape index (κ1) is 21.6. The van der Waals surface area contributed by atoms with Crippen LogP contribution in [0.25, 0.3) is 0 Å². The van der Waals surface area contributed by atoms with Gasteiger partial charge in [0.2, 0.25) is 0 Å². The standard InChI is InChI=1S/C23H31N3O2/c1-8-15-9-10-19(24-13-15)21(28)26-25-14-16-11-17(22(2,3)4)20(27)18(12-16)23(5,6)7/h9-14,27H,8H2,1-7H3,(H,26,28). The van der Waals surface area contributed by atoms with Crippen molar-refractivity contribution in [2.24, 2.45) is 5.10 Å². The smallest absolute Gasteiger partial charge is 0.289 e. The second-order valence-corrected chi connectivity index (χ2v) is 9.07. The van der Waals surface area contributed by atoms with E-state index in [2.05, 4.69) is 57.1 Å². The fourth-order valence-corrected chi connectivity index (χ4v) is 2.87. The van der Waals surface area contributed by atoms with Crippen LogP contribution in [0.5, 0.6) is 5.75 Å². The van der Waals surface area contributed by atoms with Crippen molar-refractivity contribution in [3.05, 3.63) is 58.4 Å². The first-order valence-electron chi connectivity index (χ1n) is 9.59. The molecule has 0 atom stereocenters. The highest BCUT2D eigenvalue weighted by molar-refractivity contribution is 5.93. The van der Waals surface area contributed by atoms with Crippen LogP contribution in [0.4, 0.5) is 0 Å². The molecule has 0 aliphatic rings. The quantitative estimate of drug-likeness (QED) is 0.595. The van der Waals surface area contributed by atoms with Crippen LogP contribution in [0.3, 0.4) is 0 Å². The molecule has 0 unspecified atom stereocenters. The van der Waals surface area contributed by atoms with E-state index in [1.54, 1.807) is 18.5 Å². The number of nitrogens with one attached hydrogen (secondary N) is 1. The Labute approximate surface area is 167 Å². The van der Waals surface area contributed by atoms with Gasteiger partial charge in [0, 0.05) is 17.3 Å². The van der Waals surface area contributed by atoms with Crippen molar-refractivity contribution < 1.29 is 9.90 Å². The molecule has 5 nitrogen and oxygen atoms in total. The molecule has 0 bridgehead atoms. The van der Waals surface area contributed by atoms with E-state index in [4.69, 9.17) is 0 Å². The third-order valence-electron chi connectivity index (χ3n) is 4.59. The average Bonchev–Trinajstić information content (AvgIpc) is 2.60. The second-order valence-electron chi connectivity index (χ2n) is 9.07. The molecule has 1 aromatic carbocycles. The minimum absolute atomic E-state index is 0.220. The fourth-order valence-electron chi connectivity index (χ4n) is 2.87. The molecule has 1 heterocycles. The van der Waals surface area contributed by atoms with E-state index in [0.717, 1.165) is 28.7 Å². The number of carbonyl (C=O) groups is 1. The number of aryl methyl sites for hydroxylation is 1. The molecule has 1 amide bonds. The van der Waals surface area contributed by atoms with Crippen LogP contribution >= 0.6 is 0 Å². The lowest BCUT2D eigenvalue weighted by atomic mass is 9.78. The van der Waals surface area contributed by atoms with Crippen molar-refractivity contribution in [2.45, 2.75) is 65.7 Å². The largest absolute Gasteiger partial charge is 0.507 e. The van der Waals surface area contributed by atoms with Gasteiger partial charge in [-0.25, -0.2) is 5.43 Å². The van der Waals surface area contributed by atoms with Crippen LogP contribution in [0.1, 0.15) is 81.2 Å². The summed E-state index contributed by atoms with van der Waals surface area (Å²) in [6.07, 6.45) is 4.17. The molecule has 5 heteroatoms. The van der Waals surface area contributed by atoms with Gasteiger partial charge in [-0.2, -0.15) is 5.10 Å². The van der Waals surface area contributed by atoms with Gasteiger partial charge in [-0.15, -0.1) is 0 Å². The lowest BCUT2D eigenvalue weighted by Crippen LogP contribution is -2.20. The number of aromatic hydroxyl groups is 1. The van der Waals surface area contributed by atoms with Crippen molar-refractivity contribution in [3.63, 3.8) is 0 Å². The molecular formula is C23H31N3O2. The Morgan fingerprint density at radius 2 is 1.68 bits per heavy atom. The Morgan fingerprint density at radius 3 is 2.11 bits per heavy atom. The van der Waals surface area contributed by atoms with Gasteiger partial charge in [-0.1, -0.05) is 54.5 Å². The van der Waals surface area contributed by atoms with Crippen molar-refractivity contribution >= 4 is 12.1 Å². The predicted molar refractivity (Wildman–Crippen MR) is 114 cm³/mol. The molecule has 0 spiro atoms. The Bertz CT molecular complexity index is 835. The lowest BCUT2D eigenvalue weighted by molar-refractivity contribution is 0.0950. The molecule has 0 aliphatic carbocycles. The zero-order chi connectivity index (χ0) is 21.1. The number of aromatic nitrogens is 1. The maximum absolute atomic E-state index is 12.2. The lowest BCUT2D eigenvalue weighted by Gasteiger charge is -2.27. The van der Waals surface area contributed by atoms with Gasteiger partial charge < -0.3 is 5.11 Å². The Balaban J connectivity index is 2.28. The summed E-state index contributed by atoms with van der Waals surface area (Å²) in [6, 6.07) is 7.40. The molecule has 2 aromatic rings. The first-order chi connectivity index (χ1) is 12.9. The van der Waals surface area contributed by atoms with Crippen LogP contribution in [0.15, 0.2) is 35.6 Å². The highest BCUT2D eigenvalue weighted by Gasteiger charge is 2.26. The van der Waals surface area contributed by atoms with Crippen molar-refractivity contribution in [1.29, 1.82) is 0 Å². The molecule has 0 radical (unpaired) electrons. The van der Waals surface area contributed by atoms with E-state index in [1.807, 2.05) is 25.1 Å². The summed E-state index contributed by atoms with van der Waals surface area (Å²) in [5.74, 6) is -0.0360. The summed E-state index contributed by atoms with van der Waals surface area (Å²) in [7, 11) is 0. The third kappa shape index (κ3) is 5.18. The number of benzene rings is 1. The Hall–Kier alpha value is -2.69. The summed E-state index contributed by atoms with van der Waals surface area (Å²) >= 11 is 0. The molecule has 28 heavy (non-hydrogen) atoms. The molecule has 0 saturated heterocycles. The van der Waals surface area contributed by atoms with E-state index in [0.29, 0.717) is 11.4 Å². The summed E-state index contributed by atoms with van der Waals surface area (Å²) in [4.78, 5) is 16.4. The summed E-state index contributed by atoms with van der Waals surface area (Å²) < 4.78 is 0. The van der Waals surface area contributed by atoms with Crippen LogP contribution < -0.4 is 5.43 Å². The maximum Gasteiger partial charge on any atom is 0.289 e. The van der Waals surface area contributed by atoms with Gasteiger partial charge in [0.1, 0.15) is 11.4 Å². The van der Waals surface area contributed by atoms with E-state index in [1.165, 1.54) is 0 Å². The van der Waals surface area contributed by atoms with Crippen molar-refractivity contribution in [2.75, 3.05) is 0 Å². The van der Waals surface area contributed by atoms with E-state index >= 15 is 0 Å². The Kier molecular flexibility index (Phi) is 6.27. The summed E-state index contributed by atoms with van der Waals surface area (Å²) in [5, 5.41) is 14.9. The number of rotatable bonds is 4. The van der Waals surface area contributed by atoms with Crippen LogP contribution in [-0.4, -0.2) is 22.2 Å². The number of hydrogen-bond donors (Lipinski definition) is 2. The monoisotopic (exact) mass is 381 g/mol. The van der Waals surface area contributed by atoms with Gasteiger partial charge in [0.25, 0.3) is 5.91 Å². The molecular weight excluding hydrogens is 350 g/mol. The van der Waals surface area contributed by atoms with Crippen molar-refractivity contribution in [1.82, 2.24) is 10.4 Å². The third-order valence-corrected chi connectivity index (χ3v) is 4.59. The average molecular weight is 382 g/mol. The molecule has 1 aromatic heterocycles. The zero-order valence-electron chi connectivity index (χ0n) is 17.9. The fraction of sp³-hybridized carbons (Fsp3) is 0.435. The SMILES string of the molecule is CCc1ccc(C(=O)NN=Cc2cc(C(C)(C)C)c(O)c(C(C)(C)C)c2)nc1. The minimum Gasteiger partial charge on any atom is -0.507 e. The van der Waals surface area contributed by atoms with E-state index in [-0.39, 0.29) is 16.7 Å². The first-order valence-corrected chi connectivity index (χ1v) is 9.59. The number of pyridine rings is 1. The number of phenols is 1. The van der Waals surface area contributed by atoms with E-state index in [9.17, 15) is 9.90 Å². The highest BCUT2D eigenvalue weighted by atomic mass is 16.3. The van der Waals surface area contributed by atoms with Gasteiger partial charge in [-0.05, 0) is 46.6 Å². The molecule has 0 saturated carbocycles. The molecule has 0 fully saturated rings. The normalized spacial score (nSPS) is 12.4. The van der Waals surface area contributed by atoms with Gasteiger partial charge in [0.15, 0.2) is 0 Å². The topological polar surface area (TPSA) is 74.6 Å². The number of phenolic OH excluding ortho intramolecular Hbond substituents is 1. The van der Waals surface area contributed by atoms with Crippen molar-refractivity contribution in [3.8, 4) is 5.75 Å². The van der Waals surface area contributed by atoms with Crippen LogP contribution in [0.2, 0.25) is 0 Å². The predicted octanol–water partition coefficient (Wildman–Crippen LogP) is 4.71. The van der Waals surface area contributed by atoms with Gasteiger partial charge in [-0.3, -0.25) is 9.78 Å². The maximum atomic E-state index is 12.2. The van der Waals surface area contributed by atoms with Gasteiger partial charge in [0.05, 0.1) is 6.21 Å². The Morgan fingerprint density at radius 1 is 1.11 bits per heavy atom. The van der Waals surface area contributed by atoms with Gasteiger partial charge >= 0.3 is 0 Å². The minimum atomic E-state index is -0.357. The number of amides is 1. The summed E-state index contributed by atoms with van der Waals surface area (Å²) in [5.41, 5.74) is 6.01. The second kappa shape index (κ2) is 8.13. The number of nitrogens with zero attached hydrogens (tertiary/aromatic N) is 2. The number of hydrogen-bond acceptors (Lipinski definition) is 4.